The largest absolute Gasteiger partial charge is 0.444 e. The molecule has 0 aromatic carbocycles. The Labute approximate surface area is 200 Å². The summed E-state index contributed by atoms with van der Waals surface area (Å²) in [6, 6.07) is 0. The molecule has 2 fully saturated rings. The monoisotopic (exact) mass is 480 g/mol. The second kappa shape index (κ2) is 7.16. The van der Waals surface area contributed by atoms with Crippen LogP contribution in [0.4, 0.5) is 3.89 Å². The highest BCUT2D eigenvalue weighted by atomic mass is 32.2. The zero-order valence-electron chi connectivity index (χ0n) is 19.1. The van der Waals surface area contributed by atoms with Gasteiger partial charge in [0.2, 0.25) is 5.89 Å². The number of ether oxygens (including phenoxy) is 1. The molecule has 4 aromatic rings. The summed E-state index contributed by atoms with van der Waals surface area (Å²) in [6.07, 6.45) is 13.0. The minimum absolute atomic E-state index is 0.141. The Hall–Kier alpha value is -2.69. The van der Waals surface area contributed by atoms with E-state index in [2.05, 4.69) is 22.0 Å². The normalized spacial score (nSPS) is 20.9. The number of hydrogen-bond donors (Lipinski definition) is 0. The van der Waals surface area contributed by atoms with E-state index in [4.69, 9.17) is 14.1 Å². The highest BCUT2D eigenvalue weighted by Crippen LogP contribution is 2.65. The second-order valence-electron chi connectivity index (χ2n) is 10.1. The highest BCUT2D eigenvalue weighted by Gasteiger charge is 2.60. The third kappa shape index (κ3) is 2.76. The van der Waals surface area contributed by atoms with Crippen molar-refractivity contribution in [2.75, 3.05) is 20.1 Å². The highest BCUT2D eigenvalue weighted by molar-refractivity contribution is 7.93. The first kappa shape index (κ1) is 20.7. The molecule has 0 bridgehead atoms. The maximum Gasteiger partial charge on any atom is 0.228 e. The van der Waals surface area contributed by atoms with Gasteiger partial charge in [-0.2, -0.15) is 5.10 Å². The molecule has 34 heavy (non-hydrogen) atoms. The van der Waals surface area contributed by atoms with Gasteiger partial charge in [-0.15, -0.1) is 3.89 Å². The lowest BCUT2D eigenvalue weighted by atomic mass is 9.53. The van der Waals surface area contributed by atoms with Crippen LogP contribution in [0.1, 0.15) is 36.8 Å². The van der Waals surface area contributed by atoms with Crippen molar-refractivity contribution >= 4 is 23.4 Å². The van der Waals surface area contributed by atoms with Gasteiger partial charge in [-0.3, -0.25) is 4.68 Å². The number of aromatic nitrogens is 5. The van der Waals surface area contributed by atoms with E-state index in [1.54, 1.807) is 23.3 Å². The van der Waals surface area contributed by atoms with Gasteiger partial charge in [0.15, 0.2) is 18.0 Å². The van der Waals surface area contributed by atoms with Crippen molar-refractivity contribution in [2.24, 2.45) is 12.5 Å². The fourth-order valence-electron chi connectivity index (χ4n) is 6.49. The van der Waals surface area contributed by atoms with Gasteiger partial charge in [0.1, 0.15) is 6.26 Å². The van der Waals surface area contributed by atoms with Gasteiger partial charge in [0.05, 0.1) is 35.9 Å². The first-order valence-electron chi connectivity index (χ1n) is 11.6. The fraction of sp³-hybridized carbons (Fsp3) is 0.458. The number of nitrogens with zero attached hydrogens (tertiary/aromatic N) is 6. The molecule has 0 radical (unpaired) electrons. The summed E-state index contributed by atoms with van der Waals surface area (Å²) in [5, 5.41) is 5.20. The van der Waals surface area contributed by atoms with E-state index in [1.807, 2.05) is 19.4 Å². The molecule has 0 amide bonds. The summed E-state index contributed by atoms with van der Waals surface area (Å²) in [5.41, 5.74) is 4.89. The van der Waals surface area contributed by atoms with E-state index in [1.165, 1.54) is 16.8 Å². The van der Waals surface area contributed by atoms with Crippen molar-refractivity contribution in [2.45, 2.75) is 37.9 Å². The molecule has 0 N–H and O–H groups in total. The van der Waals surface area contributed by atoms with Crippen LogP contribution >= 0.6 is 12.3 Å². The number of aryl methyl sites for hydroxylation is 1. The van der Waals surface area contributed by atoms with Crippen LogP contribution in [-0.2, 0) is 24.0 Å². The predicted molar refractivity (Wildman–Crippen MR) is 126 cm³/mol. The predicted octanol–water partition coefficient (Wildman–Crippen LogP) is 4.70. The van der Waals surface area contributed by atoms with Crippen LogP contribution in [0.25, 0.3) is 33.7 Å². The van der Waals surface area contributed by atoms with Crippen LogP contribution in [0.2, 0.25) is 0 Å². The van der Waals surface area contributed by atoms with E-state index < -0.39 is 0 Å². The maximum atomic E-state index is 14.6. The van der Waals surface area contributed by atoms with Crippen LogP contribution in [0.3, 0.4) is 0 Å². The Morgan fingerprint density at radius 1 is 1.12 bits per heavy atom. The fourth-order valence-corrected chi connectivity index (χ4v) is 6.96. The van der Waals surface area contributed by atoms with Crippen LogP contribution in [-0.4, -0.2) is 48.8 Å². The van der Waals surface area contributed by atoms with Gasteiger partial charge in [-0.05, 0) is 51.2 Å². The summed E-state index contributed by atoms with van der Waals surface area (Å²) < 4.78 is 30.1. The van der Waals surface area contributed by atoms with Crippen LogP contribution < -0.4 is 0 Å². The molecule has 1 aliphatic carbocycles. The summed E-state index contributed by atoms with van der Waals surface area (Å²) in [5.74, 6) is 0.447. The zero-order valence-corrected chi connectivity index (χ0v) is 19.9. The Kier molecular flexibility index (Phi) is 4.35. The molecular formula is C24H25FN6O2S. The third-order valence-electron chi connectivity index (χ3n) is 8.04. The number of fused-ring (bicyclic) bond motifs is 4. The van der Waals surface area contributed by atoms with E-state index in [9.17, 15) is 3.89 Å². The number of oxazole rings is 1. The Morgan fingerprint density at radius 3 is 2.62 bits per heavy atom. The van der Waals surface area contributed by atoms with E-state index >= 15 is 0 Å². The second-order valence-corrected chi connectivity index (χ2v) is 10.6. The smallest absolute Gasteiger partial charge is 0.228 e. The number of halogens is 1. The van der Waals surface area contributed by atoms with Gasteiger partial charge >= 0.3 is 0 Å². The van der Waals surface area contributed by atoms with Gasteiger partial charge in [0, 0.05) is 41.5 Å². The maximum absolute atomic E-state index is 14.6. The van der Waals surface area contributed by atoms with Crippen molar-refractivity contribution in [1.82, 2.24) is 28.6 Å². The van der Waals surface area contributed by atoms with E-state index in [0.29, 0.717) is 29.3 Å². The minimum atomic E-state index is -0.368. The number of pyridine rings is 1. The first-order valence-corrected chi connectivity index (χ1v) is 12.3. The molecule has 2 spiro atoms. The number of piperidine rings is 1. The van der Waals surface area contributed by atoms with E-state index in [0.717, 1.165) is 53.6 Å². The van der Waals surface area contributed by atoms with Gasteiger partial charge in [0.25, 0.3) is 0 Å². The molecule has 8 nitrogen and oxygen atoms in total. The SMILES string of the molecule is CN1CCC2(CC1)CC1(C2)OCc2cnc3c(c(-c4ncco4)c(-c4cnn(C)c4)n3SF)c21. The third-order valence-corrected chi connectivity index (χ3v) is 8.54. The molecule has 4 aromatic heterocycles. The average molecular weight is 481 g/mol. The van der Waals surface area contributed by atoms with E-state index in [-0.39, 0.29) is 17.9 Å². The number of likely N-dealkylation sites (tertiary alicyclic amines) is 1. The molecule has 3 aliphatic rings. The Morgan fingerprint density at radius 2 is 1.94 bits per heavy atom. The van der Waals surface area contributed by atoms with Crippen molar-refractivity contribution in [1.29, 1.82) is 0 Å². The standard InChI is InChI=1S/C24H25FN6O2S/c1-29-6-3-23(4-7-29)13-24(14-23)19-16(12-33-24)9-27-21-17(19)18(22-26-5-8-32-22)20(31(21)34-25)15-10-28-30(2)11-15/h5,8-11H,3-4,6-7,12-14H2,1-2H3. The molecular weight excluding hydrogens is 455 g/mol. The van der Waals surface area contributed by atoms with Crippen LogP contribution in [0.5, 0.6) is 0 Å². The lowest BCUT2D eigenvalue weighted by Gasteiger charge is -2.57. The van der Waals surface area contributed by atoms with Gasteiger partial charge in [-0.1, -0.05) is 0 Å². The molecule has 1 saturated heterocycles. The Bertz CT molecular complexity index is 1390. The molecule has 1 saturated carbocycles. The summed E-state index contributed by atoms with van der Waals surface area (Å²) in [7, 11) is 4.04. The summed E-state index contributed by atoms with van der Waals surface area (Å²) >= 11 is 0.141. The molecule has 10 heteroatoms. The lowest BCUT2D eigenvalue weighted by molar-refractivity contribution is -0.181. The average Bonchev–Trinajstić information content (AvgIpc) is 3.59. The zero-order chi connectivity index (χ0) is 23.1. The van der Waals surface area contributed by atoms with Crippen molar-refractivity contribution in [3.63, 3.8) is 0 Å². The van der Waals surface area contributed by atoms with Crippen molar-refractivity contribution in [3.05, 3.63) is 42.2 Å². The quantitative estimate of drug-likeness (QED) is 0.421. The van der Waals surface area contributed by atoms with Gasteiger partial charge in [-0.25, -0.2) is 13.9 Å². The van der Waals surface area contributed by atoms with Crippen LogP contribution in [0, 0.1) is 5.41 Å². The minimum Gasteiger partial charge on any atom is -0.444 e. The van der Waals surface area contributed by atoms with Crippen molar-refractivity contribution in [3.8, 4) is 22.7 Å². The van der Waals surface area contributed by atoms with Gasteiger partial charge < -0.3 is 14.1 Å². The Balaban J connectivity index is 1.47. The molecule has 6 heterocycles. The molecule has 7 rings (SSSR count). The number of rotatable bonds is 3. The molecule has 0 unspecified atom stereocenters. The first-order chi connectivity index (χ1) is 16.5. The number of hydrogen-bond acceptors (Lipinski definition) is 7. The summed E-state index contributed by atoms with van der Waals surface area (Å²) in [4.78, 5) is 11.6. The van der Waals surface area contributed by atoms with Crippen molar-refractivity contribution < 1.29 is 13.0 Å². The molecule has 2 aliphatic heterocycles. The molecule has 0 atom stereocenters. The topological polar surface area (TPSA) is 74.1 Å². The molecule has 176 valence electrons. The van der Waals surface area contributed by atoms with Crippen LogP contribution in [0.15, 0.2) is 35.5 Å². The lowest BCUT2D eigenvalue weighted by Crippen LogP contribution is -2.54. The summed E-state index contributed by atoms with van der Waals surface area (Å²) in [6.45, 7) is 2.77.